The summed E-state index contributed by atoms with van der Waals surface area (Å²) in [5.41, 5.74) is 1.58. The molecule has 0 aromatic heterocycles. The SMILES string of the molecule is C[Si](C)(C)SC1CCCCC/C1=N\C1CC1. The molecule has 0 amide bonds. The minimum atomic E-state index is -1.00. The van der Waals surface area contributed by atoms with Crippen LogP contribution in [-0.4, -0.2) is 24.2 Å². The van der Waals surface area contributed by atoms with Gasteiger partial charge in [-0.2, -0.15) is 11.2 Å². The van der Waals surface area contributed by atoms with Crippen molar-refractivity contribution in [3.05, 3.63) is 0 Å². The number of hydrogen-bond acceptors (Lipinski definition) is 2. The molecule has 0 aromatic carbocycles. The second-order valence-corrected chi connectivity index (χ2v) is 15.6. The van der Waals surface area contributed by atoms with Gasteiger partial charge in [-0.15, -0.1) is 0 Å². The van der Waals surface area contributed by atoms with Gasteiger partial charge in [0.05, 0.1) is 6.04 Å². The molecule has 1 nitrogen and oxygen atoms in total. The lowest BCUT2D eigenvalue weighted by Crippen LogP contribution is -2.26. The third kappa shape index (κ3) is 4.25. The first-order chi connectivity index (χ1) is 7.54. The Kier molecular flexibility index (Phi) is 4.17. The van der Waals surface area contributed by atoms with Gasteiger partial charge in [0.1, 0.15) is 7.22 Å². The maximum Gasteiger partial charge on any atom is 0.109 e. The van der Waals surface area contributed by atoms with Crippen LogP contribution in [0.5, 0.6) is 0 Å². The molecular weight excluding hydrogens is 230 g/mol. The molecule has 1 atom stereocenters. The second kappa shape index (κ2) is 5.26. The van der Waals surface area contributed by atoms with Crippen LogP contribution in [0.1, 0.15) is 44.9 Å². The summed E-state index contributed by atoms with van der Waals surface area (Å²) in [7, 11) is -1.00. The van der Waals surface area contributed by atoms with Gasteiger partial charge in [0.15, 0.2) is 0 Å². The number of hydrogen-bond donors (Lipinski definition) is 0. The molecule has 16 heavy (non-hydrogen) atoms. The molecule has 2 rings (SSSR count). The molecule has 0 saturated heterocycles. The fourth-order valence-corrected chi connectivity index (χ4v) is 7.05. The normalized spacial score (nSPS) is 30.4. The molecule has 0 aromatic rings. The van der Waals surface area contributed by atoms with Crippen LogP contribution in [0.25, 0.3) is 0 Å². The molecule has 3 heteroatoms. The average Bonchev–Trinajstić information content (AvgIpc) is 2.95. The zero-order valence-electron chi connectivity index (χ0n) is 11.0. The Labute approximate surface area is 105 Å². The Hall–Kier alpha value is 0.237. The van der Waals surface area contributed by atoms with E-state index in [9.17, 15) is 0 Å². The Morgan fingerprint density at radius 1 is 1.06 bits per heavy atom. The second-order valence-electron chi connectivity index (χ2n) is 6.17. The zero-order chi connectivity index (χ0) is 11.6. The molecule has 0 radical (unpaired) electrons. The van der Waals surface area contributed by atoms with E-state index in [4.69, 9.17) is 4.99 Å². The number of rotatable bonds is 3. The summed E-state index contributed by atoms with van der Waals surface area (Å²) in [5, 5.41) is 0.773. The Balaban J connectivity index is 2.03. The van der Waals surface area contributed by atoms with Crippen LogP contribution in [0.15, 0.2) is 4.99 Å². The molecule has 0 N–H and O–H groups in total. The molecule has 0 aliphatic heterocycles. The molecule has 0 bridgehead atoms. The highest BCUT2D eigenvalue weighted by molar-refractivity contribution is 8.29. The van der Waals surface area contributed by atoms with E-state index >= 15 is 0 Å². The number of nitrogens with zero attached hydrogens (tertiary/aromatic N) is 1. The molecule has 0 spiro atoms. The Bertz CT molecular complexity index is 266. The highest BCUT2D eigenvalue weighted by Gasteiger charge is 2.28. The fourth-order valence-electron chi connectivity index (χ4n) is 2.28. The van der Waals surface area contributed by atoms with E-state index < -0.39 is 7.22 Å². The van der Waals surface area contributed by atoms with E-state index in [-0.39, 0.29) is 0 Å². The van der Waals surface area contributed by atoms with Crippen LogP contribution >= 0.6 is 11.2 Å². The van der Waals surface area contributed by atoms with Crippen LogP contribution in [0.4, 0.5) is 0 Å². The van der Waals surface area contributed by atoms with E-state index in [1.807, 2.05) is 0 Å². The van der Waals surface area contributed by atoms with Crippen LogP contribution in [0.3, 0.4) is 0 Å². The maximum absolute atomic E-state index is 4.99. The van der Waals surface area contributed by atoms with Crippen LogP contribution in [0.2, 0.25) is 19.6 Å². The smallest absolute Gasteiger partial charge is 0.109 e. The first-order valence-electron chi connectivity index (χ1n) is 6.79. The summed E-state index contributed by atoms with van der Waals surface area (Å²) < 4.78 is 0. The van der Waals surface area contributed by atoms with Gasteiger partial charge in [-0.25, -0.2) is 0 Å². The van der Waals surface area contributed by atoms with Gasteiger partial charge in [-0.3, -0.25) is 4.99 Å². The van der Waals surface area contributed by atoms with E-state index in [2.05, 4.69) is 30.9 Å². The summed E-state index contributed by atoms with van der Waals surface area (Å²) in [6, 6.07) is 0.720. The molecular formula is C13H25NSSi. The van der Waals surface area contributed by atoms with Crippen molar-refractivity contribution in [2.45, 2.75) is 75.9 Å². The van der Waals surface area contributed by atoms with Gasteiger partial charge in [-0.1, -0.05) is 32.5 Å². The van der Waals surface area contributed by atoms with Crippen molar-refractivity contribution in [2.24, 2.45) is 4.99 Å². The van der Waals surface area contributed by atoms with Crippen molar-refractivity contribution in [2.75, 3.05) is 0 Å². The van der Waals surface area contributed by atoms with E-state index in [1.54, 1.807) is 5.71 Å². The van der Waals surface area contributed by atoms with Crippen molar-refractivity contribution in [3.8, 4) is 0 Å². The van der Waals surface area contributed by atoms with Gasteiger partial charge in [0.2, 0.25) is 0 Å². The van der Waals surface area contributed by atoms with Crippen molar-refractivity contribution < 1.29 is 0 Å². The third-order valence-corrected chi connectivity index (χ3v) is 7.64. The largest absolute Gasteiger partial charge is 0.290 e. The quantitative estimate of drug-likeness (QED) is 0.534. The predicted molar refractivity (Wildman–Crippen MR) is 78.3 cm³/mol. The van der Waals surface area contributed by atoms with Gasteiger partial charge < -0.3 is 0 Å². The van der Waals surface area contributed by atoms with Crippen LogP contribution in [-0.2, 0) is 0 Å². The summed E-state index contributed by atoms with van der Waals surface area (Å²) in [5.74, 6) is 0. The van der Waals surface area contributed by atoms with Crippen molar-refractivity contribution >= 4 is 24.1 Å². The predicted octanol–water partition coefficient (Wildman–Crippen LogP) is 4.49. The summed E-state index contributed by atoms with van der Waals surface area (Å²) in [6.07, 6.45) is 9.62. The molecule has 2 saturated carbocycles. The molecule has 2 fully saturated rings. The Morgan fingerprint density at radius 3 is 2.44 bits per heavy atom. The van der Waals surface area contributed by atoms with Gasteiger partial charge >= 0.3 is 0 Å². The first-order valence-corrected chi connectivity index (χ1v) is 11.9. The molecule has 92 valence electrons. The van der Waals surface area contributed by atoms with E-state index in [0.717, 1.165) is 11.3 Å². The molecule has 2 aliphatic carbocycles. The maximum atomic E-state index is 4.99. The lowest BCUT2D eigenvalue weighted by Gasteiger charge is -2.24. The van der Waals surface area contributed by atoms with Gasteiger partial charge in [-0.05, 0) is 32.1 Å². The summed E-state index contributed by atoms with van der Waals surface area (Å²) in [4.78, 5) is 4.99. The van der Waals surface area contributed by atoms with Crippen molar-refractivity contribution in [3.63, 3.8) is 0 Å². The standard InChI is InChI=1S/C13H25NSSi/c1-16(2,3)15-13-8-6-4-5-7-12(13)14-11-9-10-11/h11,13H,4-10H2,1-3H3/b14-12+. The van der Waals surface area contributed by atoms with Crippen LogP contribution in [0, 0.1) is 0 Å². The molecule has 2 aliphatic rings. The lowest BCUT2D eigenvalue weighted by atomic mass is 10.1. The molecule has 0 heterocycles. The number of aliphatic imine (C=N–C) groups is 1. The zero-order valence-corrected chi connectivity index (χ0v) is 12.8. The van der Waals surface area contributed by atoms with E-state index in [0.29, 0.717) is 0 Å². The van der Waals surface area contributed by atoms with Gasteiger partial charge in [0, 0.05) is 11.0 Å². The first kappa shape index (κ1) is 12.7. The van der Waals surface area contributed by atoms with Gasteiger partial charge in [0.25, 0.3) is 0 Å². The third-order valence-electron chi connectivity index (χ3n) is 3.16. The molecule has 1 unspecified atom stereocenters. The van der Waals surface area contributed by atoms with Crippen molar-refractivity contribution in [1.82, 2.24) is 0 Å². The summed E-state index contributed by atoms with van der Waals surface area (Å²) >= 11 is 2.28. The minimum Gasteiger partial charge on any atom is -0.290 e. The monoisotopic (exact) mass is 255 g/mol. The average molecular weight is 256 g/mol. The lowest BCUT2D eigenvalue weighted by molar-refractivity contribution is 0.706. The van der Waals surface area contributed by atoms with Crippen LogP contribution < -0.4 is 0 Å². The van der Waals surface area contributed by atoms with Crippen molar-refractivity contribution in [1.29, 1.82) is 0 Å². The summed E-state index contributed by atoms with van der Waals surface area (Å²) in [6.45, 7) is 7.41. The Morgan fingerprint density at radius 2 is 1.81 bits per heavy atom. The topological polar surface area (TPSA) is 12.4 Å². The highest BCUT2D eigenvalue weighted by Crippen LogP contribution is 2.34. The minimum absolute atomic E-state index is 0.720. The fraction of sp³-hybridized carbons (Fsp3) is 0.923. The highest BCUT2D eigenvalue weighted by atomic mass is 32.4. The van der Waals surface area contributed by atoms with E-state index in [1.165, 1.54) is 44.9 Å².